The lowest BCUT2D eigenvalue weighted by atomic mass is 9.86. The molecule has 1 fully saturated rings. The van der Waals surface area contributed by atoms with E-state index < -0.39 is 12.1 Å². The van der Waals surface area contributed by atoms with Crippen LogP contribution in [0.25, 0.3) is 0 Å². The molecule has 1 aromatic heterocycles. The molecule has 0 aliphatic carbocycles. The van der Waals surface area contributed by atoms with Crippen LogP contribution in [0.3, 0.4) is 0 Å². The third kappa shape index (κ3) is 4.16. The fraction of sp³-hybridized carbons (Fsp3) is 0.471. The van der Waals surface area contributed by atoms with Gasteiger partial charge in [0, 0.05) is 20.0 Å². The Balaban J connectivity index is 1.81. The first kappa shape index (κ1) is 17.8. The quantitative estimate of drug-likeness (QED) is 0.809. The maximum atomic E-state index is 11.1. The molecule has 9 heteroatoms. The lowest BCUT2D eigenvalue weighted by Crippen LogP contribution is -2.40. The van der Waals surface area contributed by atoms with Crippen LogP contribution >= 0.6 is 0 Å². The topological polar surface area (TPSA) is 110 Å². The highest BCUT2D eigenvalue weighted by Crippen LogP contribution is 2.33. The standard InChI is InChI=1S/C17H21N5O4/c1-12(23)26-11-15-18-20-22(19-15)16(13-5-3-2-4-6-13)14-7-9-21(10-8-14)17(24)25/h2-6,14,16H,7-11H2,1H3,(H,24,25). The second kappa shape index (κ2) is 7.94. The Hall–Kier alpha value is -2.97. The van der Waals surface area contributed by atoms with Gasteiger partial charge in [-0.05, 0) is 29.5 Å². The van der Waals surface area contributed by atoms with Crippen molar-refractivity contribution in [1.82, 2.24) is 25.1 Å². The number of amides is 1. The number of esters is 1. The lowest BCUT2D eigenvalue weighted by Gasteiger charge is -2.34. The normalized spacial score (nSPS) is 16.3. The Bertz CT molecular complexity index is 756. The van der Waals surface area contributed by atoms with Crippen molar-refractivity contribution in [1.29, 1.82) is 0 Å². The molecule has 26 heavy (non-hydrogen) atoms. The zero-order valence-electron chi connectivity index (χ0n) is 14.5. The van der Waals surface area contributed by atoms with E-state index in [2.05, 4.69) is 15.4 Å². The molecular weight excluding hydrogens is 338 g/mol. The van der Waals surface area contributed by atoms with Crippen LogP contribution < -0.4 is 0 Å². The molecule has 2 heterocycles. The van der Waals surface area contributed by atoms with E-state index in [9.17, 15) is 9.59 Å². The molecule has 138 valence electrons. The van der Waals surface area contributed by atoms with Gasteiger partial charge in [0.15, 0.2) is 6.61 Å². The largest absolute Gasteiger partial charge is 0.465 e. The molecule has 3 rings (SSSR count). The van der Waals surface area contributed by atoms with Gasteiger partial charge in [0.05, 0.1) is 0 Å². The van der Waals surface area contributed by atoms with Crippen molar-refractivity contribution < 1.29 is 19.4 Å². The highest BCUT2D eigenvalue weighted by molar-refractivity contribution is 5.65. The monoisotopic (exact) mass is 359 g/mol. The minimum absolute atomic E-state index is 0.0195. The highest BCUT2D eigenvalue weighted by Gasteiger charge is 2.32. The lowest BCUT2D eigenvalue weighted by molar-refractivity contribution is -0.142. The van der Waals surface area contributed by atoms with E-state index in [-0.39, 0.29) is 18.6 Å². The summed E-state index contributed by atoms with van der Waals surface area (Å²) in [6, 6.07) is 9.70. The van der Waals surface area contributed by atoms with E-state index in [0.29, 0.717) is 31.8 Å². The van der Waals surface area contributed by atoms with Crippen molar-refractivity contribution in [2.75, 3.05) is 13.1 Å². The molecule has 1 amide bonds. The maximum absolute atomic E-state index is 11.1. The number of benzene rings is 1. The van der Waals surface area contributed by atoms with Gasteiger partial charge in [-0.1, -0.05) is 30.3 Å². The van der Waals surface area contributed by atoms with Gasteiger partial charge < -0.3 is 14.7 Å². The highest BCUT2D eigenvalue weighted by atomic mass is 16.5. The molecule has 1 N–H and O–H groups in total. The van der Waals surface area contributed by atoms with Gasteiger partial charge in [-0.15, -0.1) is 10.2 Å². The van der Waals surface area contributed by atoms with Crippen molar-refractivity contribution in [3.8, 4) is 0 Å². The Labute approximate surface area is 150 Å². The molecular formula is C17H21N5O4. The van der Waals surface area contributed by atoms with Crippen LogP contribution in [0.1, 0.15) is 37.2 Å². The minimum Gasteiger partial charge on any atom is -0.465 e. The Morgan fingerprint density at radius 1 is 1.27 bits per heavy atom. The first-order valence-corrected chi connectivity index (χ1v) is 8.49. The minimum atomic E-state index is -0.887. The van der Waals surface area contributed by atoms with Crippen LogP contribution in [-0.4, -0.2) is 55.4 Å². The summed E-state index contributed by atoms with van der Waals surface area (Å²) in [5.74, 6) is 0.120. The first-order valence-electron chi connectivity index (χ1n) is 8.49. The SMILES string of the molecule is CC(=O)OCc1nnn(C(c2ccccc2)C2CCN(C(=O)O)CC2)n1. The van der Waals surface area contributed by atoms with Crippen molar-refractivity contribution in [3.05, 3.63) is 41.7 Å². The van der Waals surface area contributed by atoms with E-state index in [1.165, 1.54) is 11.8 Å². The van der Waals surface area contributed by atoms with Gasteiger partial charge in [0.2, 0.25) is 5.82 Å². The van der Waals surface area contributed by atoms with Gasteiger partial charge in [0.25, 0.3) is 0 Å². The van der Waals surface area contributed by atoms with E-state index in [1.54, 1.807) is 4.80 Å². The molecule has 1 aromatic carbocycles. The molecule has 2 aromatic rings. The van der Waals surface area contributed by atoms with Crippen LogP contribution in [0.5, 0.6) is 0 Å². The zero-order valence-corrected chi connectivity index (χ0v) is 14.5. The van der Waals surface area contributed by atoms with Gasteiger partial charge in [0.1, 0.15) is 6.04 Å². The summed E-state index contributed by atoms with van der Waals surface area (Å²) in [4.78, 5) is 25.1. The molecule has 1 aliphatic rings. The summed E-state index contributed by atoms with van der Waals surface area (Å²) in [5, 5.41) is 21.7. The molecule has 0 bridgehead atoms. The fourth-order valence-corrected chi connectivity index (χ4v) is 3.25. The second-order valence-electron chi connectivity index (χ2n) is 6.27. The summed E-state index contributed by atoms with van der Waals surface area (Å²) in [6.07, 6.45) is 0.543. The molecule has 1 aliphatic heterocycles. The maximum Gasteiger partial charge on any atom is 0.407 e. The third-order valence-corrected chi connectivity index (χ3v) is 4.52. The van der Waals surface area contributed by atoms with Gasteiger partial charge in [-0.2, -0.15) is 4.80 Å². The molecule has 9 nitrogen and oxygen atoms in total. The molecule has 1 atom stereocenters. The summed E-state index contributed by atoms with van der Waals surface area (Å²) < 4.78 is 4.92. The van der Waals surface area contributed by atoms with Gasteiger partial charge in [-0.3, -0.25) is 4.79 Å². The zero-order chi connectivity index (χ0) is 18.5. The van der Waals surface area contributed by atoms with Crippen LogP contribution in [0, 0.1) is 5.92 Å². The number of carboxylic acid groups (broad SMARTS) is 1. The van der Waals surface area contributed by atoms with Crippen molar-refractivity contribution in [2.45, 2.75) is 32.4 Å². The van der Waals surface area contributed by atoms with E-state index in [1.807, 2.05) is 30.3 Å². The summed E-state index contributed by atoms with van der Waals surface area (Å²) in [5.41, 5.74) is 1.04. The third-order valence-electron chi connectivity index (χ3n) is 4.52. The van der Waals surface area contributed by atoms with Crippen LogP contribution in [-0.2, 0) is 16.1 Å². The summed E-state index contributed by atoms with van der Waals surface area (Å²) >= 11 is 0. The number of ether oxygens (including phenoxy) is 1. The predicted molar refractivity (Wildman–Crippen MR) is 90.2 cm³/mol. The molecule has 1 unspecified atom stereocenters. The first-order chi connectivity index (χ1) is 12.5. The van der Waals surface area contributed by atoms with Crippen molar-refractivity contribution in [3.63, 3.8) is 0 Å². The number of aromatic nitrogens is 4. The number of tetrazole rings is 1. The smallest absolute Gasteiger partial charge is 0.407 e. The summed E-state index contributed by atoms with van der Waals surface area (Å²) in [7, 11) is 0. The number of likely N-dealkylation sites (tertiary alicyclic amines) is 1. The Morgan fingerprint density at radius 2 is 1.96 bits per heavy atom. The van der Waals surface area contributed by atoms with Crippen molar-refractivity contribution >= 4 is 12.1 Å². The second-order valence-corrected chi connectivity index (χ2v) is 6.27. The molecule has 1 saturated heterocycles. The summed E-state index contributed by atoms with van der Waals surface area (Å²) in [6.45, 7) is 2.28. The number of piperidine rings is 1. The van der Waals surface area contributed by atoms with E-state index >= 15 is 0 Å². The van der Waals surface area contributed by atoms with Gasteiger partial charge in [-0.25, -0.2) is 4.79 Å². The molecule has 0 saturated carbocycles. The number of hydrogen-bond donors (Lipinski definition) is 1. The molecule has 0 radical (unpaired) electrons. The Kier molecular flexibility index (Phi) is 5.45. The number of rotatable bonds is 5. The van der Waals surface area contributed by atoms with Gasteiger partial charge >= 0.3 is 12.1 Å². The Morgan fingerprint density at radius 3 is 2.58 bits per heavy atom. The molecule has 0 spiro atoms. The van der Waals surface area contributed by atoms with E-state index in [4.69, 9.17) is 9.84 Å². The number of nitrogens with zero attached hydrogens (tertiary/aromatic N) is 5. The van der Waals surface area contributed by atoms with Crippen LogP contribution in [0.4, 0.5) is 4.79 Å². The number of carbonyl (C=O) groups excluding carboxylic acids is 1. The number of hydrogen-bond acceptors (Lipinski definition) is 6. The fourth-order valence-electron chi connectivity index (χ4n) is 3.25. The average Bonchev–Trinajstić information content (AvgIpc) is 3.10. The van der Waals surface area contributed by atoms with Crippen LogP contribution in [0.15, 0.2) is 30.3 Å². The van der Waals surface area contributed by atoms with Crippen molar-refractivity contribution in [2.24, 2.45) is 5.92 Å². The average molecular weight is 359 g/mol. The predicted octanol–water partition coefficient (Wildman–Crippen LogP) is 1.72. The van der Waals surface area contributed by atoms with E-state index in [0.717, 1.165) is 5.56 Å². The van der Waals surface area contributed by atoms with Crippen LogP contribution in [0.2, 0.25) is 0 Å². The number of carbonyl (C=O) groups is 2.